The van der Waals surface area contributed by atoms with Crippen molar-refractivity contribution in [1.82, 2.24) is 0 Å². The van der Waals surface area contributed by atoms with Crippen molar-refractivity contribution >= 4 is 0 Å². The molecule has 0 heterocycles. The van der Waals surface area contributed by atoms with E-state index in [9.17, 15) is 0 Å². The van der Waals surface area contributed by atoms with Gasteiger partial charge in [-0.25, -0.2) is 0 Å². The molecule has 3 fully saturated rings. The topological polar surface area (TPSA) is 0 Å². The first-order valence-electron chi connectivity index (χ1n) is 5.07. The lowest BCUT2D eigenvalue weighted by atomic mass is 9.58. The Kier molecular flexibility index (Phi) is 0.648. The van der Waals surface area contributed by atoms with Gasteiger partial charge >= 0.3 is 0 Å². The van der Waals surface area contributed by atoms with Crippen molar-refractivity contribution in [3.05, 3.63) is 12.2 Å². The first-order valence-corrected chi connectivity index (χ1v) is 5.07. The Balaban J connectivity index is 1.80. The van der Waals surface area contributed by atoms with Crippen molar-refractivity contribution in [3.63, 3.8) is 0 Å². The third kappa shape index (κ3) is 0.432. The fraction of sp³-hybridized carbons (Fsp3) is 0.818. The van der Waals surface area contributed by atoms with Gasteiger partial charge in [0, 0.05) is 0 Å². The molecule has 4 aliphatic carbocycles. The molecule has 0 saturated heterocycles. The van der Waals surface area contributed by atoms with Crippen molar-refractivity contribution in [2.24, 2.45) is 29.1 Å². The predicted octanol–water partition coefficient (Wildman–Crippen LogP) is 2.61. The van der Waals surface area contributed by atoms with Gasteiger partial charge < -0.3 is 0 Å². The minimum Gasteiger partial charge on any atom is -0.0848 e. The summed E-state index contributed by atoms with van der Waals surface area (Å²) in [4.78, 5) is 0. The Hall–Kier alpha value is -0.260. The number of hydrogen-bond donors (Lipinski definition) is 0. The molecule has 0 nitrogen and oxygen atoms in total. The van der Waals surface area contributed by atoms with Gasteiger partial charge in [0.25, 0.3) is 0 Å². The van der Waals surface area contributed by atoms with E-state index >= 15 is 0 Å². The smallest absolute Gasteiger partial charge is 0.0191 e. The van der Waals surface area contributed by atoms with Crippen LogP contribution in [0.2, 0.25) is 0 Å². The molecule has 4 aliphatic rings. The Morgan fingerprint density at radius 2 is 1.91 bits per heavy atom. The molecule has 0 N–H and O–H groups in total. The number of allylic oxidation sites excluding steroid dienone is 2. The van der Waals surface area contributed by atoms with E-state index in [1.807, 2.05) is 0 Å². The Morgan fingerprint density at radius 1 is 1.09 bits per heavy atom. The summed E-state index contributed by atoms with van der Waals surface area (Å²) >= 11 is 0. The quantitative estimate of drug-likeness (QED) is 0.461. The highest BCUT2D eigenvalue weighted by molar-refractivity contribution is 5.25. The number of hydrogen-bond acceptors (Lipinski definition) is 0. The molecule has 0 aromatic carbocycles. The monoisotopic (exact) mass is 146 g/mol. The van der Waals surface area contributed by atoms with E-state index in [0.717, 1.165) is 29.1 Å². The molecule has 11 heavy (non-hydrogen) atoms. The molecule has 58 valence electrons. The summed E-state index contributed by atoms with van der Waals surface area (Å²) in [7, 11) is 0. The van der Waals surface area contributed by atoms with Gasteiger partial charge in [-0.1, -0.05) is 12.2 Å². The van der Waals surface area contributed by atoms with E-state index in [-0.39, 0.29) is 0 Å². The number of fused-ring (bicyclic) bond motifs is 6. The van der Waals surface area contributed by atoms with Crippen LogP contribution in [0.1, 0.15) is 25.7 Å². The Morgan fingerprint density at radius 3 is 2.64 bits per heavy atom. The van der Waals surface area contributed by atoms with Crippen LogP contribution in [0, 0.1) is 29.1 Å². The third-order valence-corrected chi connectivity index (χ3v) is 4.86. The molecule has 0 aliphatic heterocycles. The molecule has 1 spiro atoms. The molecule has 3 saturated carbocycles. The van der Waals surface area contributed by atoms with Gasteiger partial charge in [-0.2, -0.15) is 0 Å². The molecule has 0 aromatic rings. The standard InChI is InChI=1S/C11H14/c1-2-8-5-7(1)9-6-11(3-4-11)10(8)9/h1-2,7-10H,3-6H2/t7-,8+,9-,10+/m0/s1. The van der Waals surface area contributed by atoms with Crippen LogP contribution in [-0.2, 0) is 0 Å². The molecule has 0 heteroatoms. The van der Waals surface area contributed by atoms with Crippen LogP contribution in [0.3, 0.4) is 0 Å². The van der Waals surface area contributed by atoms with E-state index in [2.05, 4.69) is 12.2 Å². The van der Waals surface area contributed by atoms with Gasteiger partial charge in [0.2, 0.25) is 0 Å². The summed E-state index contributed by atoms with van der Waals surface area (Å²) in [5.74, 6) is 4.36. The van der Waals surface area contributed by atoms with Crippen molar-refractivity contribution in [2.75, 3.05) is 0 Å². The third-order valence-electron chi connectivity index (χ3n) is 4.86. The summed E-state index contributed by atoms with van der Waals surface area (Å²) in [6, 6.07) is 0. The Labute approximate surface area is 67.7 Å². The second-order valence-electron chi connectivity index (χ2n) is 5.20. The second kappa shape index (κ2) is 1.32. The Bertz CT molecular complexity index is 247. The highest BCUT2D eigenvalue weighted by Crippen LogP contribution is 2.76. The van der Waals surface area contributed by atoms with Gasteiger partial charge in [-0.15, -0.1) is 0 Å². The van der Waals surface area contributed by atoms with Gasteiger partial charge in [0.05, 0.1) is 0 Å². The normalized spacial score (nSPS) is 59.6. The van der Waals surface area contributed by atoms with E-state index in [0.29, 0.717) is 0 Å². The highest BCUT2D eigenvalue weighted by atomic mass is 14.7. The van der Waals surface area contributed by atoms with Gasteiger partial charge in [-0.3, -0.25) is 0 Å². The van der Waals surface area contributed by atoms with Crippen LogP contribution in [0.4, 0.5) is 0 Å². The maximum atomic E-state index is 2.52. The molecular weight excluding hydrogens is 132 g/mol. The number of rotatable bonds is 0. The van der Waals surface area contributed by atoms with Crippen molar-refractivity contribution < 1.29 is 0 Å². The maximum absolute atomic E-state index is 2.52. The first kappa shape index (κ1) is 5.40. The lowest BCUT2D eigenvalue weighted by Crippen LogP contribution is -2.40. The van der Waals surface area contributed by atoms with Crippen LogP contribution in [-0.4, -0.2) is 0 Å². The molecule has 0 unspecified atom stereocenters. The zero-order valence-corrected chi connectivity index (χ0v) is 6.79. The summed E-state index contributed by atoms with van der Waals surface area (Å²) in [5.41, 5.74) is 0.925. The highest BCUT2D eigenvalue weighted by Gasteiger charge is 2.67. The predicted molar refractivity (Wildman–Crippen MR) is 44.0 cm³/mol. The van der Waals surface area contributed by atoms with E-state index in [1.54, 1.807) is 19.3 Å². The molecule has 2 bridgehead atoms. The van der Waals surface area contributed by atoms with Crippen LogP contribution in [0.5, 0.6) is 0 Å². The largest absolute Gasteiger partial charge is 0.0848 e. The molecule has 0 aromatic heterocycles. The maximum Gasteiger partial charge on any atom is -0.0191 e. The zero-order chi connectivity index (χ0) is 7.05. The molecule has 4 rings (SSSR count). The minimum absolute atomic E-state index is 0.925. The van der Waals surface area contributed by atoms with Gasteiger partial charge in [-0.05, 0) is 54.8 Å². The fourth-order valence-electron chi connectivity index (χ4n) is 4.25. The van der Waals surface area contributed by atoms with Gasteiger partial charge in [0.1, 0.15) is 0 Å². The molecular formula is C11H14. The SMILES string of the molecule is C1=C[C@H]2C[C@@H]1[C@@H]1[C@H]2CC12CC2. The lowest BCUT2D eigenvalue weighted by Gasteiger charge is -2.47. The van der Waals surface area contributed by atoms with Crippen LogP contribution in [0.25, 0.3) is 0 Å². The average Bonchev–Trinajstić information content (AvgIpc) is 2.60. The van der Waals surface area contributed by atoms with Crippen molar-refractivity contribution in [1.29, 1.82) is 0 Å². The molecule has 4 atom stereocenters. The summed E-state index contributed by atoms with van der Waals surface area (Å²) in [6.45, 7) is 0. The first-order chi connectivity index (χ1) is 5.39. The molecule has 0 radical (unpaired) electrons. The lowest BCUT2D eigenvalue weighted by molar-refractivity contribution is 0.0381. The van der Waals surface area contributed by atoms with Gasteiger partial charge in [0.15, 0.2) is 0 Å². The second-order valence-corrected chi connectivity index (χ2v) is 5.20. The van der Waals surface area contributed by atoms with E-state index < -0.39 is 0 Å². The van der Waals surface area contributed by atoms with E-state index in [1.165, 1.54) is 6.42 Å². The summed E-state index contributed by atoms with van der Waals surface area (Å²) < 4.78 is 0. The minimum atomic E-state index is 0.925. The van der Waals surface area contributed by atoms with Crippen molar-refractivity contribution in [2.45, 2.75) is 25.7 Å². The summed E-state index contributed by atoms with van der Waals surface area (Å²) in [5, 5.41) is 0. The van der Waals surface area contributed by atoms with Crippen LogP contribution < -0.4 is 0 Å². The zero-order valence-electron chi connectivity index (χ0n) is 6.79. The van der Waals surface area contributed by atoms with Crippen molar-refractivity contribution in [3.8, 4) is 0 Å². The fourth-order valence-corrected chi connectivity index (χ4v) is 4.25. The average molecular weight is 146 g/mol. The van der Waals surface area contributed by atoms with E-state index in [4.69, 9.17) is 0 Å². The summed E-state index contributed by atoms with van der Waals surface area (Å²) in [6.07, 6.45) is 11.3. The van der Waals surface area contributed by atoms with Crippen LogP contribution >= 0.6 is 0 Å². The molecule has 0 amide bonds. The van der Waals surface area contributed by atoms with Crippen LogP contribution in [0.15, 0.2) is 12.2 Å².